The molecule has 0 aromatic carbocycles. The van der Waals surface area contributed by atoms with Gasteiger partial charge in [-0.15, -0.1) is 17.0 Å². The van der Waals surface area contributed by atoms with Gasteiger partial charge in [-0.1, -0.05) is 0 Å². The zero-order valence-corrected chi connectivity index (χ0v) is 10.8. The number of fused-ring (bicyclic) bond motifs is 1. The van der Waals surface area contributed by atoms with Crippen LogP contribution in [0.5, 0.6) is 0 Å². The Morgan fingerprint density at radius 3 is 2.94 bits per heavy atom. The van der Waals surface area contributed by atoms with E-state index in [9.17, 15) is 4.79 Å². The van der Waals surface area contributed by atoms with E-state index in [1.165, 1.54) is 0 Å². The highest BCUT2D eigenvalue weighted by Gasteiger charge is 2.11. The second kappa shape index (κ2) is 5.46. The third kappa shape index (κ3) is 2.63. The highest BCUT2D eigenvalue weighted by atomic mass is 79.9. The molecule has 0 radical (unpaired) electrons. The van der Waals surface area contributed by atoms with E-state index in [0.29, 0.717) is 17.8 Å². The van der Waals surface area contributed by atoms with Crippen LogP contribution in [-0.2, 0) is 4.74 Å². The Morgan fingerprint density at radius 2 is 2.29 bits per heavy atom. The summed E-state index contributed by atoms with van der Waals surface area (Å²) in [4.78, 5) is 15.5. The molecule has 0 saturated carbocycles. The minimum absolute atomic E-state index is 0. The van der Waals surface area contributed by atoms with Crippen molar-refractivity contribution in [2.24, 2.45) is 0 Å². The fourth-order valence-electron chi connectivity index (χ4n) is 1.36. The van der Waals surface area contributed by atoms with Gasteiger partial charge in [-0.05, 0) is 19.1 Å². The Morgan fingerprint density at radius 1 is 1.53 bits per heavy atom. The van der Waals surface area contributed by atoms with Gasteiger partial charge in [0.15, 0.2) is 5.69 Å². The first-order chi connectivity index (χ1) is 7.74. The third-order valence-corrected chi connectivity index (χ3v) is 2.06. The van der Waals surface area contributed by atoms with E-state index in [-0.39, 0.29) is 22.7 Å². The Labute approximate surface area is 108 Å². The molecule has 0 aliphatic rings. The number of ether oxygens (including phenoxy) is 1. The first-order valence-corrected chi connectivity index (χ1v) is 4.80. The lowest BCUT2D eigenvalue weighted by Gasteiger charge is -1.95. The molecule has 17 heavy (non-hydrogen) atoms. The fourth-order valence-corrected chi connectivity index (χ4v) is 1.36. The summed E-state index contributed by atoms with van der Waals surface area (Å²) < 4.78 is 6.46. The van der Waals surface area contributed by atoms with E-state index in [1.807, 2.05) is 6.07 Å². The largest absolute Gasteiger partial charge is 0.461 e. The number of rotatable bonds is 2. The van der Waals surface area contributed by atoms with Gasteiger partial charge in [0.1, 0.15) is 11.7 Å². The molecule has 88 valence electrons. The summed E-state index contributed by atoms with van der Waals surface area (Å²) in [5.74, 6) is -0.454. The first-order valence-electron chi connectivity index (χ1n) is 4.80. The summed E-state index contributed by atoms with van der Waals surface area (Å²) >= 11 is 0. The lowest BCUT2D eigenvalue weighted by atomic mass is 10.3. The molecule has 0 fully saturated rings. The second-order valence-corrected chi connectivity index (χ2v) is 3.14. The van der Waals surface area contributed by atoms with Crippen LogP contribution < -0.4 is 0 Å². The molecule has 6 heteroatoms. The predicted molar refractivity (Wildman–Crippen MR) is 66.2 cm³/mol. The van der Waals surface area contributed by atoms with Crippen molar-refractivity contribution in [1.82, 2.24) is 9.38 Å². The Hall–Kier alpha value is -1.87. The molecular formula is C11H10BrN3O2. The maximum atomic E-state index is 11.4. The number of halogens is 1. The summed E-state index contributed by atoms with van der Waals surface area (Å²) in [5, 5.41) is 8.72. The molecule has 0 aliphatic heterocycles. The van der Waals surface area contributed by atoms with Gasteiger partial charge in [0.2, 0.25) is 0 Å². The molecule has 2 aromatic heterocycles. The van der Waals surface area contributed by atoms with Crippen molar-refractivity contribution in [3.05, 3.63) is 35.8 Å². The molecule has 0 saturated heterocycles. The molecule has 2 rings (SSSR count). The van der Waals surface area contributed by atoms with Gasteiger partial charge < -0.3 is 9.14 Å². The molecule has 0 bridgehead atoms. The lowest BCUT2D eigenvalue weighted by molar-refractivity contribution is 0.0520. The Kier molecular flexibility index (Phi) is 4.24. The van der Waals surface area contributed by atoms with Gasteiger partial charge in [-0.3, -0.25) is 0 Å². The van der Waals surface area contributed by atoms with Crippen molar-refractivity contribution in [3.63, 3.8) is 0 Å². The van der Waals surface area contributed by atoms with E-state index in [2.05, 4.69) is 4.98 Å². The number of pyridine rings is 1. The molecule has 0 spiro atoms. The number of nitriles is 1. The molecule has 0 N–H and O–H groups in total. The molecule has 2 heterocycles. The monoisotopic (exact) mass is 295 g/mol. The SMILES string of the molecule is Br.CCOC(=O)c1cn2cc(C#N)ccc2n1. The zero-order chi connectivity index (χ0) is 11.5. The minimum Gasteiger partial charge on any atom is -0.461 e. The molecule has 2 aromatic rings. The van der Waals surface area contributed by atoms with Gasteiger partial charge >= 0.3 is 5.97 Å². The minimum atomic E-state index is -0.454. The number of esters is 1. The van der Waals surface area contributed by atoms with E-state index in [0.717, 1.165) is 0 Å². The number of imidazole rings is 1. The van der Waals surface area contributed by atoms with Crippen molar-refractivity contribution in [2.45, 2.75) is 6.92 Å². The summed E-state index contributed by atoms with van der Waals surface area (Å²) in [6.07, 6.45) is 3.17. The van der Waals surface area contributed by atoms with Gasteiger partial charge in [-0.2, -0.15) is 5.26 Å². The van der Waals surface area contributed by atoms with Crippen molar-refractivity contribution >= 4 is 28.6 Å². The molecule has 0 amide bonds. The number of carbonyl (C=O) groups is 1. The van der Waals surface area contributed by atoms with Crippen LogP contribution in [0.25, 0.3) is 5.65 Å². The Bertz CT molecular complexity index is 586. The average Bonchev–Trinajstić information content (AvgIpc) is 2.71. The van der Waals surface area contributed by atoms with Crippen molar-refractivity contribution in [2.75, 3.05) is 6.61 Å². The van der Waals surface area contributed by atoms with Gasteiger partial charge in [0, 0.05) is 12.4 Å². The zero-order valence-electron chi connectivity index (χ0n) is 9.08. The number of nitrogens with zero attached hydrogens (tertiary/aromatic N) is 3. The van der Waals surface area contributed by atoms with E-state index in [4.69, 9.17) is 10.00 Å². The van der Waals surface area contributed by atoms with Crippen LogP contribution in [0.2, 0.25) is 0 Å². The number of hydrogen-bond acceptors (Lipinski definition) is 4. The third-order valence-electron chi connectivity index (χ3n) is 2.06. The number of hydrogen-bond donors (Lipinski definition) is 0. The predicted octanol–water partition coefficient (Wildman–Crippen LogP) is 1.96. The second-order valence-electron chi connectivity index (χ2n) is 3.14. The van der Waals surface area contributed by atoms with Crippen LogP contribution in [0.1, 0.15) is 23.0 Å². The average molecular weight is 296 g/mol. The summed E-state index contributed by atoms with van der Waals surface area (Å²) in [6, 6.07) is 5.35. The molecule has 0 aliphatic carbocycles. The summed E-state index contributed by atoms with van der Waals surface area (Å²) in [6.45, 7) is 2.05. The fraction of sp³-hybridized carbons (Fsp3) is 0.182. The smallest absolute Gasteiger partial charge is 0.358 e. The highest BCUT2D eigenvalue weighted by molar-refractivity contribution is 8.93. The maximum absolute atomic E-state index is 11.4. The summed E-state index contributed by atoms with van der Waals surface area (Å²) in [7, 11) is 0. The van der Waals surface area contributed by atoms with Crippen LogP contribution in [0.3, 0.4) is 0 Å². The van der Waals surface area contributed by atoms with E-state index < -0.39 is 5.97 Å². The van der Waals surface area contributed by atoms with Crippen molar-refractivity contribution in [3.8, 4) is 6.07 Å². The molecular weight excluding hydrogens is 286 g/mol. The maximum Gasteiger partial charge on any atom is 0.358 e. The molecule has 0 unspecified atom stereocenters. The van der Waals surface area contributed by atoms with Crippen LogP contribution in [-0.4, -0.2) is 22.0 Å². The normalized spacial score (nSPS) is 9.41. The van der Waals surface area contributed by atoms with Crippen LogP contribution >= 0.6 is 17.0 Å². The van der Waals surface area contributed by atoms with Gasteiger partial charge in [0.25, 0.3) is 0 Å². The lowest BCUT2D eigenvalue weighted by Crippen LogP contribution is -2.04. The van der Waals surface area contributed by atoms with Crippen molar-refractivity contribution in [1.29, 1.82) is 5.26 Å². The molecule has 0 atom stereocenters. The van der Waals surface area contributed by atoms with E-state index in [1.54, 1.807) is 35.9 Å². The van der Waals surface area contributed by atoms with Gasteiger partial charge in [0.05, 0.1) is 12.2 Å². The van der Waals surface area contributed by atoms with Crippen LogP contribution in [0.4, 0.5) is 0 Å². The number of carbonyl (C=O) groups excluding carboxylic acids is 1. The first kappa shape index (κ1) is 13.2. The quantitative estimate of drug-likeness (QED) is 0.794. The topological polar surface area (TPSA) is 67.4 Å². The Balaban J connectivity index is 0.00000144. The molecule has 5 nitrogen and oxygen atoms in total. The van der Waals surface area contributed by atoms with Crippen molar-refractivity contribution < 1.29 is 9.53 Å². The van der Waals surface area contributed by atoms with Gasteiger partial charge in [-0.25, -0.2) is 9.78 Å². The standard InChI is InChI=1S/C11H9N3O2.BrH/c1-2-16-11(15)9-7-14-6-8(5-12)3-4-10(14)13-9;/h3-4,6-7H,2H2,1H3;1H. The summed E-state index contributed by atoms with van der Waals surface area (Å²) in [5.41, 5.74) is 1.37. The highest BCUT2D eigenvalue weighted by Crippen LogP contribution is 2.08. The number of aromatic nitrogens is 2. The van der Waals surface area contributed by atoms with Crippen LogP contribution in [0.15, 0.2) is 24.5 Å². The van der Waals surface area contributed by atoms with Crippen LogP contribution in [0, 0.1) is 11.3 Å². The van der Waals surface area contributed by atoms with E-state index >= 15 is 0 Å².